The van der Waals surface area contributed by atoms with Gasteiger partial charge in [-0.1, -0.05) is 24.3 Å². The van der Waals surface area contributed by atoms with Crippen molar-refractivity contribution in [1.29, 1.82) is 0 Å². The predicted molar refractivity (Wildman–Crippen MR) is 107 cm³/mol. The van der Waals surface area contributed by atoms with E-state index in [1.165, 1.54) is 18.4 Å². The van der Waals surface area contributed by atoms with Gasteiger partial charge in [0.25, 0.3) is 0 Å². The monoisotopic (exact) mass is 369 g/mol. The number of hydrogen-bond donors (Lipinski definition) is 2. The average molecular weight is 369 g/mol. The van der Waals surface area contributed by atoms with Crippen LogP contribution in [-0.4, -0.2) is 44.8 Å². The van der Waals surface area contributed by atoms with Crippen LogP contribution in [0.1, 0.15) is 24.4 Å². The number of nitrogens with zero attached hydrogens (tertiary/aromatic N) is 1. The van der Waals surface area contributed by atoms with E-state index in [4.69, 9.17) is 9.47 Å². The first-order valence-corrected chi connectivity index (χ1v) is 9.27. The van der Waals surface area contributed by atoms with Gasteiger partial charge in [0.1, 0.15) is 11.5 Å². The second kappa shape index (κ2) is 9.28. The van der Waals surface area contributed by atoms with Gasteiger partial charge in [0.05, 0.1) is 25.9 Å². The van der Waals surface area contributed by atoms with Crippen LogP contribution in [0.5, 0.6) is 11.5 Å². The van der Waals surface area contributed by atoms with Crippen LogP contribution in [-0.2, 0) is 0 Å². The van der Waals surface area contributed by atoms with E-state index < -0.39 is 0 Å². The summed E-state index contributed by atoms with van der Waals surface area (Å²) in [5.41, 5.74) is 1.83. The molecule has 0 radical (unpaired) electrons. The van der Waals surface area contributed by atoms with Crippen LogP contribution in [0.15, 0.2) is 48.5 Å². The van der Waals surface area contributed by atoms with E-state index in [1.54, 1.807) is 14.2 Å². The Kier molecular flexibility index (Phi) is 6.54. The van der Waals surface area contributed by atoms with E-state index in [2.05, 4.69) is 27.7 Å². The molecule has 0 aromatic heterocycles. The van der Waals surface area contributed by atoms with E-state index in [1.807, 2.05) is 36.4 Å². The highest BCUT2D eigenvalue weighted by Gasteiger charge is 2.24. The number of para-hydroxylation sites is 2. The van der Waals surface area contributed by atoms with Gasteiger partial charge in [-0.2, -0.15) is 0 Å². The van der Waals surface area contributed by atoms with Gasteiger partial charge in [0, 0.05) is 6.54 Å². The first-order chi connectivity index (χ1) is 13.2. The number of methoxy groups -OCH3 is 2. The minimum atomic E-state index is -0.239. The first kappa shape index (κ1) is 19.0. The molecular weight excluding hydrogens is 342 g/mol. The number of anilines is 1. The standard InChI is InChI=1S/C21H27N3O3/c1-26-17-11-9-16(10-12-17)19(24-13-5-6-14-24)15-22-21(25)23-18-7-3-4-8-20(18)27-2/h3-4,7-12,19H,5-6,13-15H2,1-2H3,(H2,22,23,25)/t19-/m1/s1. The molecule has 6 nitrogen and oxygen atoms in total. The zero-order valence-corrected chi connectivity index (χ0v) is 15.9. The molecule has 27 heavy (non-hydrogen) atoms. The number of urea groups is 1. The summed E-state index contributed by atoms with van der Waals surface area (Å²) in [7, 11) is 3.25. The number of nitrogens with one attached hydrogen (secondary N) is 2. The Bertz CT molecular complexity index is 743. The molecule has 0 saturated carbocycles. The van der Waals surface area contributed by atoms with Crippen LogP contribution in [0.2, 0.25) is 0 Å². The van der Waals surface area contributed by atoms with Crippen LogP contribution >= 0.6 is 0 Å². The number of carbonyl (C=O) groups excluding carboxylic acids is 1. The van der Waals surface area contributed by atoms with Crippen molar-refractivity contribution < 1.29 is 14.3 Å². The molecule has 0 bridgehead atoms. The number of carbonyl (C=O) groups is 1. The van der Waals surface area contributed by atoms with Gasteiger partial charge >= 0.3 is 6.03 Å². The zero-order valence-electron chi connectivity index (χ0n) is 15.9. The fraction of sp³-hybridized carbons (Fsp3) is 0.381. The van der Waals surface area contributed by atoms with E-state index in [9.17, 15) is 4.79 Å². The van der Waals surface area contributed by atoms with Crippen molar-refractivity contribution in [1.82, 2.24) is 10.2 Å². The fourth-order valence-corrected chi connectivity index (χ4v) is 3.44. The third-order valence-corrected chi connectivity index (χ3v) is 4.89. The molecule has 2 aromatic rings. The van der Waals surface area contributed by atoms with Gasteiger partial charge in [-0.05, 0) is 55.8 Å². The summed E-state index contributed by atoms with van der Waals surface area (Å²) in [6.07, 6.45) is 2.39. The molecule has 1 atom stereocenters. The fourth-order valence-electron chi connectivity index (χ4n) is 3.44. The van der Waals surface area contributed by atoms with Crippen molar-refractivity contribution in [3.63, 3.8) is 0 Å². The summed E-state index contributed by atoms with van der Waals surface area (Å²) in [6, 6.07) is 15.3. The molecule has 3 rings (SSSR count). The van der Waals surface area contributed by atoms with Crippen molar-refractivity contribution >= 4 is 11.7 Å². The van der Waals surface area contributed by atoms with Crippen molar-refractivity contribution in [3.05, 3.63) is 54.1 Å². The molecule has 1 aliphatic rings. The molecule has 144 valence electrons. The first-order valence-electron chi connectivity index (χ1n) is 9.27. The largest absolute Gasteiger partial charge is 0.497 e. The Balaban J connectivity index is 1.65. The molecule has 1 fully saturated rings. The number of benzene rings is 2. The molecule has 2 aromatic carbocycles. The molecular formula is C21H27N3O3. The molecule has 2 N–H and O–H groups in total. The Morgan fingerprint density at radius 1 is 1.04 bits per heavy atom. The Morgan fingerprint density at radius 3 is 2.41 bits per heavy atom. The van der Waals surface area contributed by atoms with Crippen LogP contribution in [0.25, 0.3) is 0 Å². The molecule has 6 heteroatoms. The van der Waals surface area contributed by atoms with Crippen LogP contribution in [0.3, 0.4) is 0 Å². The van der Waals surface area contributed by atoms with Gasteiger partial charge in [-0.15, -0.1) is 0 Å². The van der Waals surface area contributed by atoms with Crippen LogP contribution in [0, 0.1) is 0 Å². The van der Waals surface area contributed by atoms with Crippen molar-refractivity contribution in [2.45, 2.75) is 18.9 Å². The minimum absolute atomic E-state index is 0.141. The molecule has 1 aliphatic heterocycles. The topological polar surface area (TPSA) is 62.8 Å². The summed E-state index contributed by atoms with van der Waals surface area (Å²) in [6.45, 7) is 2.63. The lowest BCUT2D eigenvalue weighted by atomic mass is 10.1. The molecule has 0 aliphatic carbocycles. The summed E-state index contributed by atoms with van der Waals surface area (Å²) < 4.78 is 10.5. The summed E-state index contributed by atoms with van der Waals surface area (Å²) >= 11 is 0. The van der Waals surface area contributed by atoms with Gasteiger partial charge < -0.3 is 20.1 Å². The maximum Gasteiger partial charge on any atom is 0.319 e. The zero-order chi connectivity index (χ0) is 19.1. The lowest BCUT2D eigenvalue weighted by Gasteiger charge is -2.28. The second-order valence-corrected chi connectivity index (χ2v) is 6.57. The molecule has 0 unspecified atom stereocenters. The highest BCUT2D eigenvalue weighted by Crippen LogP contribution is 2.26. The molecule has 2 amide bonds. The number of amides is 2. The Labute approximate surface area is 160 Å². The number of likely N-dealkylation sites (tertiary alicyclic amines) is 1. The van der Waals surface area contributed by atoms with E-state index in [-0.39, 0.29) is 12.1 Å². The summed E-state index contributed by atoms with van der Waals surface area (Å²) in [5, 5.41) is 5.87. The summed E-state index contributed by atoms with van der Waals surface area (Å²) in [4.78, 5) is 14.8. The average Bonchev–Trinajstić information content (AvgIpc) is 3.23. The SMILES string of the molecule is COc1ccc([C@@H](CNC(=O)Nc2ccccc2OC)N2CCCC2)cc1. The maximum absolute atomic E-state index is 12.4. The van der Waals surface area contributed by atoms with Gasteiger partial charge in [-0.25, -0.2) is 4.79 Å². The summed E-state index contributed by atoms with van der Waals surface area (Å²) in [5.74, 6) is 1.47. The quantitative estimate of drug-likeness (QED) is 0.782. The van der Waals surface area contributed by atoms with Gasteiger partial charge in [0.15, 0.2) is 0 Å². The third kappa shape index (κ3) is 4.92. The van der Waals surface area contributed by atoms with E-state index in [0.29, 0.717) is 18.0 Å². The number of rotatable bonds is 7. The third-order valence-electron chi connectivity index (χ3n) is 4.89. The van der Waals surface area contributed by atoms with Crippen LogP contribution in [0.4, 0.5) is 10.5 Å². The van der Waals surface area contributed by atoms with Crippen LogP contribution < -0.4 is 20.1 Å². The van der Waals surface area contributed by atoms with E-state index in [0.717, 1.165) is 18.8 Å². The minimum Gasteiger partial charge on any atom is -0.497 e. The van der Waals surface area contributed by atoms with Gasteiger partial charge in [-0.3, -0.25) is 4.90 Å². The second-order valence-electron chi connectivity index (χ2n) is 6.57. The lowest BCUT2D eigenvalue weighted by molar-refractivity contribution is 0.227. The molecule has 1 heterocycles. The van der Waals surface area contributed by atoms with E-state index >= 15 is 0 Å². The van der Waals surface area contributed by atoms with Gasteiger partial charge in [0.2, 0.25) is 0 Å². The van der Waals surface area contributed by atoms with Crippen molar-refractivity contribution in [2.75, 3.05) is 39.2 Å². The highest BCUT2D eigenvalue weighted by molar-refractivity contribution is 5.90. The number of hydrogen-bond acceptors (Lipinski definition) is 4. The lowest BCUT2D eigenvalue weighted by Crippen LogP contribution is -2.38. The highest BCUT2D eigenvalue weighted by atomic mass is 16.5. The Morgan fingerprint density at radius 2 is 1.74 bits per heavy atom. The predicted octanol–water partition coefficient (Wildman–Crippen LogP) is 3.66. The Hall–Kier alpha value is -2.73. The van der Waals surface area contributed by atoms with Crippen molar-refractivity contribution in [2.24, 2.45) is 0 Å². The number of ether oxygens (including phenoxy) is 2. The maximum atomic E-state index is 12.4. The smallest absolute Gasteiger partial charge is 0.319 e. The molecule has 1 saturated heterocycles. The molecule has 0 spiro atoms. The van der Waals surface area contributed by atoms with Crippen molar-refractivity contribution in [3.8, 4) is 11.5 Å². The normalized spacial score (nSPS) is 15.2.